The number of carbonyl (C=O) groups excluding carboxylic acids is 1. The third-order valence-corrected chi connectivity index (χ3v) is 5.02. The number of thioether (sulfide) groups is 1. The van der Waals surface area contributed by atoms with E-state index >= 15 is 0 Å². The average molecular weight is 361 g/mol. The Hall–Kier alpha value is -2.10. The molecule has 0 fully saturated rings. The Balaban J connectivity index is 2.17. The van der Waals surface area contributed by atoms with E-state index in [1.165, 1.54) is 18.0 Å². The van der Waals surface area contributed by atoms with E-state index in [4.69, 9.17) is 11.6 Å². The summed E-state index contributed by atoms with van der Waals surface area (Å²) < 4.78 is 0. The number of nitriles is 1. The van der Waals surface area contributed by atoms with Crippen LogP contribution in [0.15, 0.2) is 23.4 Å². The van der Waals surface area contributed by atoms with Crippen LogP contribution >= 0.6 is 23.4 Å². The number of carbonyl (C=O) groups is 1. The first-order chi connectivity index (χ1) is 11.3. The Morgan fingerprint density at radius 1 is 1.33 bits per heavy atom. The van der Waals surface area contributed by atoms with Crippen LogP contribution in [-0.4, -0.2) is 21.1 Å². The second-order valence-electron chi connectivity index (χ2n) is 5.35. The van der Waals surface area contributed by atoms with Gasteiger partial charge in [-0.15, -0.1) is 0 Å². The molecule has 1 atom stereocenters. The quantitative estimate of drug-likeness (QED) is 0.832. The Labute approximate surface area is 150 Å². The zero-order valence-corrected chi connectivity index (χ0v) is 15.4. The van der Waals surface area contributed by atoms with Gasteiger partial charge in [-0.2, -0.15) is 5.26 Å². The van der Waals surface area contributed by atoms with E-state index in [2.05, 4.69) is 21.4 Å². The third kappa shape index (κ3) is 4.05. The summed E-state index contributed by atoms with van der Waals surface area (Å²) in [6, 6.07) is 5.48. The maximum absolute atomic E-state index is 12.3. The molecule has 1 unspecified atom stereocenters. The number of hydrogen-bond donors (Lipinski definition) is 1. The molecule has 0 saturated heterocycles. The molecular weight excluding hydrogens is 344 g/mol. The maximum Gasteiger partial charge on any atom is 0.238 e. The zero-order chi connectivity index (χ0) is 17.9. The number of pyridine rings is 2. The van der Waals surface area contributed by atoms with Gasteiger partial charge in [0.2, 0.25) is 5.91 Å². The van der Waals surface area contributed by atoms with E-state index < -0.39 is 5.25 Å². The van der Waals surface area contributed by atoms with Crippen molar-refractivity contribution in [1.82, 2.24) is 9.97 Å². The van der Waals surface area contributed by atoms with Gasteiger partial charge in [-0.1, -0.05) is 23.4 Å². The SMILES string of the molecule is Cc1nc(SC(C)C(=O)Nc2ccc(Cl)cn2)c(C#N)c(C)c1C. The van der Waals surface area contributed by atoms with Crippen molar-refractivity contribution >= 4 is 35.1 Å². The largest absolute Gasteiger partial charge is 0.310 e. The first-order valence-corrected chi connectivity index (χ1v) is 8.56. The van der Waals surface area contributed by atoms with Gasteiger partial charge in [-0.25, -0.2) is 9.97 Å². The lowest BCUT2D eigenvalue weighted by molar-refractivity contribution is -0.115. The summed E-state index contributed by atoms with van der Waals surface area (Å²) >= 11 is 7.04. The molecule has 0 bridgehead atoms. The van der Waals surface area contributed by atoms with E-state index in [1.54, 1.807) is 19.1 Å². The summed E-state index contributed by atoms with van der Waals surface area (Å²) in [5.41, 5.74) is 3.28. The highest BCUT2D eigenvalue weighted by atomic mass is 35.5. The van der Waals surface area contributed by atoms with Crippen molar-refractivity contribution in [2.75, 3.05) is 5.32 Å². The lowest BCUT2D eigenvalue weighted by Gasteiger charge is -2.15. The topological polar surface area (TPSA) is 78.7 Å². The predicted molar refractivity (Wildman–Crippen MR) is 96.4 cm³/mol. The van der Waals surface area contributed by atoms with Crippen molar-refractivity contribution in [2.24, 2.45) is 0 Å². The third-order valence-electron chi connectivity index (χ3n) is 3.71. The summed E-state index contributed by atoms with van der Waals surface area (Å²) in [5, 5.41) is 12.8. The van der Waals surface area contributed by atoms with E-state index in [-0.39, 0.29) is 5.91 Å². The van der Waals surface area contributed by atoms with Gasteiger partial charge in [0.25, 0.3) is 0 Å². The van der Waals surface area contributed by atoms with E-state index in [0.717, 1.165) is 16.8 Å². The summed E-state index contributed by atoms with van der Waals surface area (Å²) in [5.74, 6) is 0.220. The van der Waals surface area contributed by atoms with Gasteiger partial charge in [0.1, 0.15) is 16.9 Å². The number of halogens is 1. The number of aromatic nitrogens is 2. The molecule has 0 aliphatic heterocycles. The molecule has 0 saturated carbocycles. The van der Waals surface area contributed by atoms with Crippen LogP contribution in [0.25, 0.3) is 0 Å². The summed E-state index contributed by atoms with van der Waals surface area (Å²) in [4.78, 5) is 20.8. The number of anilines is 1. The molecule has 0 aromatic carbocycles. The molecule has 1 N–H and O–H groups in total. The predicted octanol–water partition coefficient (Wildman–Crippen LogP) is 4.05. The summed E-state index contributed by atoms with van der Waals surface area (Å²) in [7, 11) is 0. The standard InChI is InChI=1S/C17H17ClN4OS/c1-9-10(2)14(7-19)17(21-11(9)3)24-12(4)16(23)22-15-6-5-13(18)8-20-15/h5-6,8,12H,1-4H3,(H,20,22,23). The molecule has 0 aliphatic rings. The number of rotatable bonds is 4. The summed E-state index contributed by atoms with van der Waals surface area (Å²) in [6.45, 7) is 7.50. The highest BCUT2D eigenvalue weighted by Crippen LogP contribution is 2.29. The van der Waals surface area contributed by atoms with Gasteiger partial charge in [0, 0.05) is 11.9 Å². The molecule has 7 heteroatoms. The van der Waals surface area contributed by atoms with Gasteiger partial charge in [0.05, 0.1) is 15.8 Å². The minimum absolute atomic E-state index is 0.212. The fourth-order valence-electron chi connectivity index (χ4n) is 2.03. The Morgan fingerprint density at radius 2 is 2.04 bits per heavy atom. The zero-order valence-electron chi connectivity index (χ0n) is 13.8. The van der Waals surface area contributed by atoms with Crippen LogP contribution in [0.4, 0.5) is 5.82 Å². The fraction of sp³-hybridized carbons (Fsp3) is 0.294. The van der Waals surface area contributed by atoms with Crippen LogP contribution < -0.4 is 5.32 Å². The van der Waals surface area contributed by atoms with Gasteiger partial charge in [-0.05, 0) is 51.0 Å². The normalized spacial score (nSPS) is 11.7. The molecule has 24 heavy (non-hydrogen) atoms. The first kappa shape index (κ1) is 18.2. The Bertz CT molecular complexity index is 815. The molecule has 1 amide bonds. The van der Waals surface area contributed by atoms with Crippen LogP contribution in [0.3, 0.4) is 0 Å². The van der Waals surface area contributed by atoms with E-state index in [1.807, 2.05) is 20.8 Å². The van der Waals surface area contributed by atoms with E-state index in [9.17, 15) is 10.1 Å². The molecule has 0 aliphatic carbocycles. The molecule has 5 nitrogen and oxygen atoms in total. The minimum atomic E-state index is -0.427. The van der Waals surface area contributed by atoms with Crippen molar-refractivity contribution in [3.05, 3.63) is 45.7 Å². The van der Waals surface area contributed by atoms with Crippen molar-refractivity contribution in [1.29, 1.82) is 5.26 Å². The van der Waals surface area contributed by atoms with Gasteiger partial charge >= 0.3 is 0 Å². The number of hydrogen-bond acceptors (Lipinski definition) is 5. The molecule has 2 aromatic heterocycles. The first-order valence-electron chi connectivity index (χ1n) is 7.30. The lowest BCUT2D eigenvalue weighted by Crippen LogP contribution is -2.23. The smallest absolute Gasteiger partial charge is 0.238 e. The Morgan fingerprint density at radius 3 is 2.62 bits per heavy atom. The fourth-order valence-corrected chi connectivity index (χ4v) is 3.15. The van der Waals surface area contributed by atoms with Crippen LogP contribution in [0.2, 0.25) is 5.02 Å². The second-order valence-corrected chi connectivity index (χ2v) is 7.12. The van der Waals surface area contributed by atoms with Crippen LogP contribution in [0, 0.1) is 32.1 Å². The van der Waals surface area contributed by atoms with E-state index in [0.29, 0.717) is 21.4 Å². The number of nitrogens with one attached hydrogen (secondary N) is 1. The molecule has 2 aromatic rings. The number of nitrogens with zero attached hydrogens (tertiary/aromatic N) is 3. The molecule has 2 heterocycles. The summed E-state index contributed by atoms with van der Waals surface area (Å²) in [6.07, 6.45) is 1.47. The minimum Gasteiger partial charge on any atom is -0.310 e. The molecule has 0 spiro atoms. The molecule has 124 valence electrons. The van der Waals surface area contributed by atoms with Gasteiger partial charge < -0.3 is 5.32 Å². The van der Waals surface area contributed by atoms with Crippen molar-refractivity contribution < 1.29 is 4.79 Å². The molecular formula is C17H17ClN4OS. The monoisotopic (exact) mass is 360 g/mol. The highest BCUT2D eigenvalue weighted by Gasteiger charge is 2.20. The van der Waals surface area contributed by atoms with Gasteiger partial charge in [0.15, 0.2) is 0 Å². The number of amides is 1. The maximum atomic E-state index is 12.3. The molecule has 0 radical (unpaired) electrons. The number of aryl methyl sites for hydroxylation is 1. The van der Waals surface area contributed by atoms with Crippen molar-refractivity contribution in [3.63, 3.8) is 0 Å². The second kappa shape index (κ2) is 7.65. The highest BCUT2D eigenvalue weighted by molar-refractivity contribution is 8.00. The van der Waals surface area contributed by atoms with Crippen molar-refractivity contribution in [2.45, 2.75) is 38.0 Å². The van der Waals surface area contributed by atoms with Gasteiger partial charge in [-0.3, -0.25) is 4.79 Å². The average Bonchev–Trinajstić information content (AvgIpc) is 2.55. The van der Waals surface area contributed by atoms with Crippen LogP contribution in [0.1, 0.15) is 29.3 Å². The molecule has 2 rings (SSSR count). The Kier molecular flexibility index (Phi) is 5.81. The lowest BCUT2D eigenvalue weighted by atomic mass is 10.1. The van der Waals surface area contributed by atoms with Crippen LogP contribution in [0.5, 0.6) is 0 Å². The van der Waals surface area contributed by atoms with Crippen molar-refractivity contribution in [3.8, 4) is 6.07 Å². The van der Waals surface area contributed by atoms with Crippen LogP contribution in [-0.2, 0) is 4.79 Å².